The maximum Gasteiger partial charge on any atom is 0.237 e. The lowest BCUT2D eigenvalue weighted by molar-refractivity contribution is -0.130. The Bertz CT molecular complexity index is 480. The first kappa shape index (κ1) is 14.6. The molecule has 1 atom stereocenters. The van der Waals surface area contributed by atoms with Crippen LogP contribution in [0.3, 0.4) is 0 Å². The lowest BCUT2D eigenvalue weighted by Gasteiger charge is -2.36. The van der Waals surface area contributed by atoms with Gasteiger partial charge in [0, 0.05) is 13.1 Å². The molecule has 1 aromatic rings. The molecule has 2 heterocycles. The van der Waals surface area contributed by atoms with Crippen molar-refractivity contribution in [3.63, 3.8) is 0 Å². The number of nitrogens with one attached hydrogen (secondary N) is 1. The number of aryl methyl sites for hydroxylation is 1. The zero-order chi connectivity index (χ0) is 14.7. The number of hydrogen-bond donors (Lipinski definition) is 1. The highest BCUT2D eigenvalue weighted by atomic mass is 16.4. The second-order valence-electron chi connectivity index (χ2n) is 6.38. The molecule has 116 valence electrons. The summed E-state index contributed by atoms with van der Waals surface area (Å²) in [7, 11) is 0. The number of amides is 1. The van der Waals surface area contributed by atoms with Gasteiger partial charge >= 0.3 is 0 Å². The first-order valence-corrected chi connectivity index (χ1v) is 8.15. The van der Waals surface area contributed by atoms with Gasteiger partial charge in [-0.1, -0.05) is 32.1 Å². The molecule has 2 fully saturated rings. The van der Waals surface area contributed by atoms with Gasteiger partial charge in [-0.05, 0) is 19.3 Å². The zero-order valence-corrected chi connectivity index (χ0v) is 12.8. The largest absolute Gasteiger partial charge is 0.445 e. The minimum atomic E-state index is -0.0194. The normalized spacial score (nSPS) is 25.0. The van der Waals surface area contributed by atoms with Crippen LogP contribution in [0.2, 0.25) is 0 Å². The Morgan fingerprint density at radius 3 is 2.90 bits per heavy atom. The van der Waals surface area contributed by atoms with E-state index in [0.717, 1.165) is 31.2 Å². The number of rotatable bonds is 4. The molecule has 5 nitrogen and oxygen atoms in total. The molecule has 2 aliphatic rings. The fraction of sp³-hybridized carbons (Fsp3) is 0.750. The topological polar surface area (TPSA) is 58.4 Å². The number of nitrogens with zero attached hydrogens (tertiary/aromatic N) is 2. The molecule has 1 N–H and O–H groups in total. The fourth-order valence-electron chi connectivity index (χ4n) is 3.59. The van der Waals surface area contributed by atoms with E-state index in [4.69, 9.17) is 4.42 Å². The molecule has 0 spiro atoms. The van der Waals surface area contributed by atoms with Crippen molar-refractivity contribution < 1.29 is 9.21 Å². The Morgan fingerprint density at radius 2 is 2.19 bits per heavy atom. The van der Waals surface area contributed by atoms with Crippen molar-refractivity contribution >= 4 is 5.91 Å². The van der Waals surface area contributed by atoms with E-state index in [9.17, 15) is 4.79 Å². The lowest BCUT2D eigenvalue weighted by Crippen LogP contribution is -2.55. The quantitative estimate of drug-likeness (QED) is 0.924. The van der Waals surface area contributed by atoms with E-state index in [1.807, 2.05) is 6.92 Å². The van der Waals surface area contributed by atoms with E-state index in [1.165, 1.54) is 32.1 Å². The van der Waals surface area contributed by atoms with E-state index in [1.54, 1.807) is 6.20 Å². The number of carbonyl (C=O) groups is 1. The predicted octanol–water partition coefficient (Wildman–Crippen LogP) is 2.25. The van der Waals surface area contributed by atoms with Crippen molar-refractivity contribution in [2.24, 2.45) is 5.92 Å². The van der Waals surface area contributed by atoms with Crippen LogP contribution in [0.25, 0.3) is 0 Å². The van der Waals surface area contributed by atoms with E-state index >= 15 is 0 Å². The maximum atomic E-state index is 12.3. The van der Waals surface area contributed by atoms with Gasteiger partial charge in [-0.25, -0.2) is 4.98 Å². The molecule has 3 rings (SSSR count). The van der Waals surface area contributed by atoms with E-state index < -0.39 is 0 Å². The van der Waals surface area contributed by atoms with Gasteiger partial charge in [0.05, 0.1) is 18.8 Å². The van der Waals surface area contributed by atoms with Gasteiger partial charge in [0.15, 0.2) is 0 Å². The molecular weight excluding hydrogens is 266 g/mol. The highest BCUT2D eigenvalue weighted by Crippen LogP contribution is 2.29. The third-order valence-electron chi connectivity index (χ3n) is 4.73. The number of aromatic nitrogens is 1. The summed E-state index contributed by atoms with van der Waals surface area (Å²) >= 11 is 0. The standard InChI is InChI=1S/C16H25N3O2/c1-12-10-18-15(21-12)11-19-8-7-17-16(20)14(19)9-13-5-3-2-4-6-13/h10,13-14H,2-9,11H2,1H3,(H,17,20). The van der Waals surface area contributed by atoms with Crippen LogP contribution >= 0.6 is 0 Å². The molecule has 1 amide bonds. The average Bonchev–Trinajstić information content (AvgIpc) is 2.89. The first-order valence-electron chi connectivity index (χ1n) is 8.15. The van der Waals surface area contributed by atoms with Crippen molar-refractivity contribution in [3.8, 4) is 0 Å². The van der Waals surface area contributed by atoms with Crippen LogP contribution in [0.5, 0.6) is 0 Å². The summed E-state index contributed by atoms with van der Waals surface area (Å²) in [5.74, 6) is 2.42. The van der Waals surface area contributed by atoms with Gasteiger partial charge < -0.3 is 9.73 Å². The molecule has 1 saturated carbocycles. The Labute approximate surface area is 126 Å². The monoisotopic (exact) mass is 291 g/mol. The molecule has 21 heavy (non-hydrogen) atoms. The van der Waals surface area contributed by atoms with Gasteiger partial charge in [-0.3, -0.25) is 9.69 Å². The summed E-state index contributed by atoms with van der Waals surface area (Å²) in [5.41, 5.74) is 0. The number of oxazole rings is 1. The molecule has 1 aliphatic carbocycles. The highest BCUT2D eigenvalue weighted by Gasteiger charge is 2.32. The third kappa shape index (κ3) is 3.64. The minimum absolute atomic E-state index is 0.0194. The number of carbonyl (C=O) groups excluding carboxylic acids is 1. The van der Waals surface area contributed by atoms with Crippen LogP contribution in [-0.2, 0) is 11.3 Å². The van der Waals surface area contributed by atoms with Gasteiger partial charge in [0.1, 0.15) is 5.76 Å². The molecule has 0 radical (unpaired) electrons. The fourth-order valence-corrected chi connectivity index (χ4v) is 3.59. The highest BCUT2D eigenvalue weighted by molar-refractivity contribution is 5.82. The minimum Gasteiger partial charge on any atom is -0.445 e. The lowest BCUT2D eigenvalue weighted by atomic mass is 9.84. The Kier molecular flexibility index (Phi) is 4.58. The van der Waals surface area contributed by atoms with Gasteiger partial charge in [-0.2, -0.15) is 0 Å². The summed E-state index contributed by atoms with van der Waals surface area (Å²) in [6.45, 7) is 4.14. The number of hydrogen-bond acceptors (Lipinski definition) is 4. The zero-order valence-electron chi connectivity index (χ0n) is 12.8. The van der Waals surface area contributed by atoms with Gasteiger partial charge in [-0.15, -0.1) is 0 Å². The Hall–Kier alpha value is -1.36. The van der Waals surface area contributed by atoms with Gasteiger partial charge in [0.25, 0.3) is 0 Å². The van der Waals surface area contributed by atoms with Crippen LogP contribution in [0.15, 0.2) is 10.6 Å². The Morgan fingerprint density at radius 1 is 1.38 bits per heavy atom. The summed E-state index contributed by atoms with van der Waals surface area (Å²) < 4.78 is 5.58. The van der Waals surface area contributed by atoms with Crippen LogP contribution < -0.4 is 5.32 Å². The summed E-state index contributed by atoms with van der Waals surface area (Å²) in [4.78, 5) is 18.8. The van der Waals surface area contributed by atoms with Crippen LogP contribution in [0.1, 0.15) is 50.2 Å². The molecule has 5 heteroatoms. The molecule has 1 aromatic heterocycles. The van der Waals surface area contributed by atoms with Crippen LogP contribution in [-0.4, -0.2) is 34.9 Å². The average molecular weight is 291 g/mol. The molecule has 0 aromatic carbocycles. The van der Waals surface area contributed by atoms with Crippen molar-refractivity contribution in [2.45, 2.75) is 58.0 Å². The van der Waals surface area contributed by atoms with E-state index in [0.29, 0.717) is 12.5 Å². The van der Waals surface area contributed by atoms with Crippen molar-refractivity contribution in [1.82, 2.24) is 15.2 Å². The Balaban J connectivity index is 1.65. The molecule has 1 unspecified atom stereocenters. The van der Waals surface area contributed by atoms with Crippen LogP contribution in [0.4, 0.5) is 0 Å². The van der Waals surface area contributed by atoms with Crippen molar-refractivity contribution in [1.29, 1.82) is 0 Å². The van der Waals surface area contributed by atoms with Crippen molar-refractivity contribution in [3.05, 3.63) is 17.8 Å². The molecule has 0 bridgehead atoms. The molecule has 1 aliphatic heterocycles. The number of piperazine rings is 1. The summed E-state index contributed by atoms with van der Waals surface area (Å²) in [5, 5.41) is 3.01. The second kappa shape index (κ2) is 6.60. The first-order chi connectivity index (χ1) is 10.2. The van der Waals surface area contributed by atoms with Gasteiger partial charge in [0.2, 0.25) is 11.8 Å². The smallest absolute Gasteiger partial charge is 0.237 e. The molecule has 1 saturated heterocycles. The summed E-state index contributed by atoms with van der Waals surface area (Å²) in [6.07, 6.45) is 9.26. The SMILES string of the molecule is Cc1cnc(CN2CCNC(=O)C2CC2CCCCC2)o1. The maximum absolute atomic E-state index is 12.3. The van der Waals surface area contributed by atoms with Crippen LogP contribution in [0, 0.1) is 12.8 Å². The van der Waals surface area contributed by atoms with Crippen molar-refractivity contribution in [2.75, 3.05) is 13.1 Å². The summed E-state index contributed by atoms with van der Waals surface area (Å²) in [6, 6.07) is -0.0194. The molecular formula is C16H25N3O2. The second-order valence-corrected chi connectivity index (χ2v) is 6.38. The van der Waals surface area contributed by atoms with E-state index in [2.05, 4.69) is 15.2 Å². The van der Waals surface area contributed by atoms with E-state index in [-0.39, 0.29) is 11.9 Å². The third-order valence-corrected chi connectivity index (χ3v) is 4.73. The predicted molar refractivity (Wildman–Crippen MR) is 79.6 cm³/mol.